The second-order valence-corrected chi connectivity index (χ2v) is 10.1. The summed E-state index contributed by atoms with van der Waals surface area (Å²) in [5, 5.41) is 4.22. The first-order valence-corrected chi connectivity index (χ1v) is 12.9. The molecule has 0 radical (unpaired) electrons. The smallest absolute Gasteiger partial charge is 0.141 e. The molecule has 1 N–H and O–H groups in total. The molecule has 1 saturated carbocycles. The van der Waals surface area contributed by atoms with E-state index in [4.69, 9.17) is 26.1 Å². The van der Waals surface area contributed by atoms with Crippen molar-refractivity contribution in [3.05, 3.63) is 77.3 Å². The number of aromatic nitrogens is 2. The Balaban J connectivity index is 1.23. The van der Waals surface area contributed by atoms with Crippen LogP contribution in [-0.4, -0.2) is 47.6 Å². The summed E-state index contributed by atoms with van der Waals surface area (Å²) in [6.07, 6.45) is 8.46. The second-order valence-electron chi connectivity index (χ2n) is 9.69. The van der Waals surface area contributed by atoms with Gasteiger partial charge in [-0.3, -0.25) is 4.90 Å². The maximum absolute atomic E-state index is 13.2. The van der Waals surface area contributed by atoms with Crippen LogP contribution in [-0.2, 0) is 6.54 Å². The van der Waals surface area contributed by atoms with Crippen LogP contribution in [0.2, 0.25) is 5.02 Å². The molecular weight excluding hydrogens is 491 g/mol. The fraction of sp³-hybridized carbons (Fsp3) is 0.345. The van der Waals surface area contributed by atoms with E-state index in [9.17, 15) is 4.39 Å². The molecule has 0 atom stereocenters. The molecule has 8 heteroatoms. The molecule has 0 unspecified atom stereocenters. The minimum Gasteiger partial charge on any atom is -0.496 e. The monoisotopic (exact) mass is 522 g/mol. The highest BCUT2D eigenvalue weighted by Gasteiger charge is 2.24. The third-order valence-electron chi connectivity index (χ3n) is 7.25. The zero-order chi connectivity index (χ0) is 25.9. The molecule has 1 aliphatic carbocycles. The maximum Gasteiger partial charge on any atom is 0.141 e. The molecule has 4 aromatic rings. The molecule has 194 valence electrons. The van der Waals surface area contributed by atoms with Crippen LogP contribution in [0.5, 0.6) is 11.5 Å². The lowest BCUT2D eigenvalue weighted by molar-refractivity contribution is 0.179. The van der Waals surface area contributed by atoms with E-state index >= 15 is 0 Å². The molecule has 5 rings (SSSR count). The number of hydrogen-bond donors (Lipinski definition) is 1. The van der Waals surface area contributed by atoms with Crippen molar-refractivity contribution >= 4 is 22.9 Å². The van der Waals surface area contributed by atoms with E-state index in [1.54, 1.807) is 20.3 Å². The van der Waals surface area contributed by atoms with Gasteiger partial charge in [-0.15, -0.1) is 0 Å². The van der Waals surface area contributed by atoms with E-state index in [0.29, 0.717) is 28.6 Å². The number of hydrogen-bond acceptors (Lipinski definition) is 5. The zero-order valence-corrected chi connectivity index (χ0v) is 22.1. The summed E-state index contributed by atoms with van der Waals surface area (Å²) >= 11 is 6.37. The first kappa shape index (κ1) is 25.4. The molecule has 2 heterocycles. The predicted molar refractivity (Wildman–Crippen MR) is 146 cm³/mol. The van der Waals surface area contributed by atoms with E-state index in [-0.39, 0.29) is 5.82 Å². The Bertz CT molecular complexity index is 1370. The standard InChI is InChI=1S/C29H32ClFN4O2/c1-34(17-19-4-6-20(31)7-5-19)23-10-8-21(9-11-23)32-22-12-13-35-18-26(33-29(35)14-22)24-15-25(30)28(37-3)16-27(24)36-2/h4-7,12-16,18,21,23,32H,8-11,17H2,1-3H3. The number of nitrogens with one attached hydrogen (secondary N) is 1. The van der Waals surface area contributed by atoms with Crippen LogP contribution in [0.3, 0.4) is 0 Å². The van der Waals surface area contributed by atoms with Crippen molar-refractivity contribution in [2.45, 2.75) is 44.3 Å². The first-order chi connectivity index (χ1) is 17.9. The third-order valence-corrected chi connectivity index (χ3v) is 7.54. The molecular formula is C29H32ClFN4O2. The molecule has 2 aromatic heterocycles. The van der Waals surface area contributed by atoms with Gasteiger partial charge in [-0.25, -0.2) is 9.37 Å². The number of imidazole rings is 1. The molecule has 0 aliphatic heterocycles. The van der Waals surface area contributed by atoms with Crippen molar-refractivity contribution in [1.82, 2.24) is 14.3 Å². The molecule has 2 aromatic carbocycles. The lowest BCUT2D eigenvalue weighted by atomic mass is 9.90. The van der Waals surface area contributed by atoms with Gasteiger partial charge in [0.1, 0.15) is 23.0 Å². The average molecular weight is 523 g/mol. The molecule has 1 aliphatic rings. The Hall–Kier alpha value is -3.29. The van der Waals surface area contributed by atoms with Crippen molar-refractivity contribution in [3.63, 3.8) is 0 Å². The van der Waals surface area contributed by atoms with Crippen molar-refractivity contribution in [3.8, 4) is 22.8 Å². The maximum atomic E-state index is 13.2. The van der Waals surface area contributed by atoms with E-state index in [2.05, 4.69) is 29.4 Å². The van der Waals surface area contributed by atoms with Gasteiger partial charge in [0.2, 0.25) is 0 Å². The number of anilines is 1. The summed E-state index contributed by atoms with van der Waals surface area (Å²) in [6.45, 7) is 0.839. The van der Waals surface area contributed by atoms with Gasteiger partial charge < -0.3 is 19.2 Å². The minimum absolute atomic E-state index is 0.187. The molecule has 0 bridgehead atoms. The number of halogens is 2. The lowest BCUT2D eigenvalue weighted by Gasteiger charge is -2.35. The van der Waals surface area contributed by atoms with E-state index < -0.39 is 0 Å². The highest BCUT2D eigenvalue weighted by atomic mass is 35.5. The zero-order valence-electron chi connectivity index (χ0n) is 21.4. The minimum atomic E-state index is -0.187. The summed E-state index contributed by atoms with van der Waals surface area (Å²) in [7, 11) is 5.37. The SMILES string of the molecule is COc1cc(OC)c(-c2cn3ccc(NC4CCC(N(C)Cc5ccc(F)cc5)CC4)cc3n2)cc1Cl. The summed E-state index contributed by atoms with van der Waals surface area (Å²) in [6, 6.07) is 15.5. The van der Waals surface area contributed by atoms with Gasteiger partial charge in [-0.1, -0.05) is 23.7 Å². The second kappa shape index (κ2) is 11.0. The van der Waals surface area contributed by atoms with Crippen molar-refractivity contribution in [1.29, 1.82) is 0 Å². The van der Waals surface area contributed by atoms with E-state index in [1.807, 2.05) is 35.0 Å². The number of ether oxygens (including phenoxy) is 2. The van der Waals surface area contributed by atoms with Gasteiger partial charge in [0.15, 0.2) is 0 Å². The number of rotatable bonds is 8. The fourth-order valence-electron chi connectivity index (χ4n) is 5.17. The van der Waals surface area contributed by atoms with Gasteiger partial charge in [0, 0.05) is 54.4 Å². The number of methoxy groups -OCH3 is 2. The molecule has 6 nitrogen and oxygen atoms in total. The van der Waals surface area contributed by atoms with E-state index in [1.165, 1.54) is 12.1 Å². The van der Waals surface area contributed by atoms with Crippen molar-refractivity contribution in [2.75, 3.05) is 26.6 Å². The number of pyridine rings is 1. The summed E-state index contributed by atoms with van der Waals surface area (Å²) in [5.41, 5.74) is 4.65. The Morgan fingerprint density at radius 2 is 1.76 bits per heavy atom. The first-order valence-electron chi connectivity index (χ1n) is 12.6. The van der Waals surface area contributed by atoms with Crippen LogP contribution in [0.15, 0.2) is 60.9 Å². The third kappa shape index (κ3) is 5.68. The topological polar surface area (TPSA) is 51.0 Å². The van der Waals surface area contributed by atoms with Crippen LogP contribution in [0.4, 0.5) is 10.1 Å². The van der Waals surface area contributed by atoms with Crippen LogP contribution < -0.4 is 14.8 Å². The van der Waals surface area contributed by atoms with Gasteiger partial charge >= 0.3 is 0 Å². The van der Waals surface area contributed by atoms with Gasteiger partial charge in [-0.05, 0) is 62.6 Å². The van der Waals surface area contributed by atoms with Crippen LogP contribution in [0, 0.1) is 5.82 Å². The Morgan fingerprint density at radius 1 is 1.03 bits per heavy atom. The van der Waals surface area contributed by atoms with Gasteiger partial charge in [0.05, 0.1) is 24.9 Å². The normalized spacial score (nSPS) is 17.8. The quantitative estimate of drug-likeness (QED) is 0.280. The van der Waals surface area contributed by atoms with Crippen LogP contribution >= 0.6 is 11.6 Å². The highest BCUT2D eigenvalue weighted by Crippen LogP contribution is 2.38. The Morgan fingerprint density at radius 3 is 2.46 bits per heavy atom. The van der Waals surface area contributed by atoms with Gasteiger partial charge in [-0.2, -0.15) is 0 Å². The molecule has 0 spiro atoms. The van der Waals surface area contributed by atoms with Crippen LogP contribution in [0.1, 0.15) is 31.2 Å². The number of benzene rings is 2. The molecule has 37 heavy (non-hydrogen) atoms. The largest absolute Gasteiger partial charge is 0.496 e. The van der Waals surface area contributed by atoms with E-state index in [0.717, 1.165) is 60.4 Å². The molecule has 1 fully saturated rings. The Kier molecular flexibility index (Phi) is 7.53. The van der Waals surface area contributed by atoms with Crippen molar-refractivity contribution < 1.29 is 13.9 Å². The molecule has 0 amide bonds. The summed E-state index contributed by atoms with van der Waals surface area (Å²) in [4.78, 5) is 7.23. The van der Waals surface area contributed by atoms with Crippen molar-refractivity contribution in [2.24, 2.45) is 0 Å². The molecule has 0 saturated heterocycles. The fourth-order valence-corrected chi connectivity index (χ4v) is 5.41. The van der Waals surface area contributed by atoms with Crippen LogP contribution in [0.25, 0.3) is 16.9 Å². The Labute approximate surface area is 222 Å². The summed E-state index contributed by atoms with van der Waals surface area (Å²) < 4.78 is 26.1. The number of nitrogens with zero attached hydrogens (tertiary/aromatic N) is 3. The average Bonchev–Trinajstić information content (AvgIpc) is 3.33. The predicted octanol–water partition coefficient (Wildman–Crippen LogP) is 6.67. The lowest BCUT2D eigenvalue weighted by Crippen LogP contribution is -2.38. The highest BCUT2D eigenvalue weighted by molar-refractivity contribution is 6.32. The summed E-state index contributed by atoms with van der Waals surface area (Å²) in [5.74, 6) is 1.03. The van der Waals surface area contributed by atoms with Gasteiger partial charge in [0.25, 0.3) is 0 Å². The number of fused-ring (bicyclic) bond motifs is 1.